The summed E-state index contributed by atoms with van der Waals surface area (Å²) in [6.07, 6.45) is 0.286. The van der Waals surface area contributed by atoms with Crippen molar-refractivity contribution in [3.05, 3.63) is 62.2 Å². The van der Waals surface area contributed by atoms with E-state index in [9.17, 15) is 14.7 Å². The lowest BCUT2D eigenvalue weighted by Crippen LogP contribution is -2.40. The van der Waals surface area contributed by atoms with Gasteiger partial charge < -0.3 is 9.84 Å². The predicted molar refractivity (Wildman–Crippen MR) is 128 cm³/mol. The van der Waals surface area contributed by atoms with Crippen molar-refractivity contribution in [2.75, 3.05) is 13.7 Å². The van der Waals surface area contributed by atoms with Gasteiger partial charge in [-0.1, -0.05) is 30.5 Å². The zero-order chi connectivity index (χ0) is 23.4. The molecule has 2 aromatic heterocycles. The van der Waals surface area contributed by atoms with E-state index in [0.717, 1.165) is 15.0 Å². The van der Waals surface area contributed by atoms with E-state index in [2.05, 4.69) is 16.6 Å². The number of benzene rings is 1. The van der Waals surface area contributed by atoms with Crippen molar-refractivity contribution in [2.45, 2.75) is 33.4 Å². The second-order valence-corrected chi connectivity index (χ2v) is 8.74. The molecule has 9 nitrogen and oxygen atoms in total. The molecule has 3 rings (SSSR count). The number of ether oxygens (including phenoxy) is 1. The first kappa shape index (κ1) is 23.6. The van der Waals surface area contributed by atoms with Crippen LogP contribution in [-0.4, -0.2) is 42.5 Å². The van der Waals surface area contributed by atoms with Crippen LogP contribution in [-0.2, 0) is 20.1 Å². The summed E-state index contributed by atoms with van der Waals surface area (Å²) in [5.74, 6) is 0.565. The molecule has 0 amide bonds. The maximum Gasteiger partial charge on any atom is 0.332 e. The van der Waals surface area contributed by atoms with Crippen molar-refractivity contribution in [3.8, 4) is 11.8 Å². The predicted octanol–water partition coefficient (Wildman–Crippen LogP) is 2.67. The fraction of sp³-hybridized carbons (Fsp3) is 0.364. The Labute approximate surface area is 189 Å². The van der Waals surface area contributed by atoms with Crippen LogP contribution in [0.2, 0.25) is 0 Å². The highest BCUT2D eigenvalue weighted by Crippen LogP contribution is 2.26. The van der Waals surface area contributed by atoms with Crippen LogP contribution in [0.5, 0.6) is 11.8 Å². The molecule has 0 spiro atoms. The lowest BCUT2D eigenvalue weighted by molar-refractivity contribution is 0.277. The molecule has 2 heterocycles. The number of nitrogens with zero attached hydrogens (tertiary/aromatic N) is 5. The summed E-state index contributed by atoms with van der Waals surface area (Å²) in [6, 6.07) is 7.66. The third kappa shape index (κ3) is 4.86. The first-order valence-corrected chi connectivity index (χ1v) is 10.9. The summed E-state index contributed by atoms with van der Waals surface area (Å²) in [4.78, 5) is 35.8. The highest BCUT2D eigenvalue weighted by Gasteiger charge is 2.22. The van der Waals surface area contributed by atoms with Gasteiger partial charge in [0.05, 0.1) is 11.6 Å². The van der Waals surface area contributed by atoms with Crippen molar-refractivity contribution >= 4 is 28.0 Å². The van der Waals surface area contributed by atoms with Gasteiger partial charge in [0.2, 0.25) is 0 Å². The lowest BCUT2D eigenvalue weighted by atomic mass is 10.2. The Kier molecular flexibility index (Phi) is 7.37. The molecule has 3 aromatic rings. The SMILES string of the molecule is C=C(C)SC(Cn1c(Oc2cccc(C)c2)nc2c1c(=O)n(CCCO)c(=O)n2C)=NC. The molecule has 170 valence electrons. The number of fused-ring (bicyclic) bond motifs is 1. The van der Waals surface area contributed by atoms with Gasteiger partial charge in [-0.3, -0.25) is 23.5 Å². The van der Waals surface area contributed by atoms with E-state index in [4.69, 9.17) is 4.74 Å². The van der Waals surface area contributed by atoms with Crippen LogP contribution in [0.1, 0.15) is 18.9 Å². The van der Waals surface area contributed by atoms with Crippen LogP contribution >= 0.6 is 11.8 Å². The molecule has 0 aliphatic rings. The molecule has 0 fully saturated rings. The van der Waals surface area contributed by atoms with Crippen LogP contribution in [0.15, 0.2) is 50.3 Å². The van der Waals surface area contributed by atoms with Crippen LogP contribution in [0.3, 0.4) is 0 Å². The first-order chi connectivity index (χ1) is 15.3. The van der Waals surface area contributed by atoms with Gasteiger partial charge in [-0.25, -0.2) is 4.79 Å². The van der Waals surface area contributed by atoms with Gasteiger partial charge in [-0.2, -0.15) is 4.98 Å². The maximum atomic E-state index is 13.3. The number of aliphatic imine (C=N–C) groups is 1. The molecule has 0 aliphatic heterocycles. The quantitative estimate of drug-likeness (QED) is 0.412. The van der Waals surface area contributed by atoms with Gasteiger partial charge in [0.15, 0.2) is 11.2 Å². The van der Waals surface area contributed by atoms with Crippen molar-refractivity contribution in [1.29, 1.82) is 0 Å². The summed E-state index contributed by atoms with van der Waals surface area (Å²) in [7, 11) is 3.23. The molecule has 1 aromatic carbocycles. The van der Waals surface area contributed by atoms with Crippen molar-refractivity contribution in [2.24, 2.45) is 12.0 Å². The largest absolute Gasteiger partial charge is 0.425 e. The number of rotatable bonds is 8. The molecule has 32 heavy (non-hydrogen) atoms. The highest BCUT2D eigenvalue weighted by atomic mass is 32.2. The molecular weight excluding hydrogens is 430 g/mol. The van der Waals surface area contributed by atoms with Crippen LogP contribution in [0, 0.1) is 6.92 Å². The molecule has 1 N–H and O–H groups in total. The number of hydrogen-bond acceptors (Lipinski definition) is 7. The van der Waals surface area contributed by atoms with Crippen molar-refractivity contribution < 1.29 is 9.84 Å². The molecule has 0 saturated heterocycles. The summed E-state index contributed by atoms with van der Waals surface area (Å²) in [5.41, 5.74) is 0.481. The number of aryl methyl sites for hydroxylation is 2. The molecule has 0 atom stereocenters. The minimum absolute atomic E-state index is 0.104. The van der Waals surface area contributed by atoms with Crippen LogP contribution in [0.4, 0.5) is 0 Å². The summed E-state index contributed by atoms with van der Waals surface area (Å²) in [5, 5.41) is 9.89. The number of hydrogen-bond donors (Lipinski definition) is 1. The van der Waals surface area contributed by atoms with E-state index < -0.39 is 11.2 Å². The molecule has 10 heteroatoms. The maximum absolute atomic E-state index is 13.3. The number of aliphatic hydroxyl groups excluding tert-OH is 1. The van der Waals surface area contributed by atoms with E-state index in [0.29, 0.717) is 10.8 Å². The molecule has 0 unspecified atom stereocenters. The number of aromatic nitrogens is 4. The Morgan fingerprint density at radius 1 is 1.31 bits per heavy atom. The lowest BCUT2D eigenvalue weighted by Gasteiger charge is -2.12. The first-order valence-electron chi connectivity index (χ1n) is 10.1. The number of thioether (sulfide) groups is 1. The van der Waals surface area contributed by atoms with Crippen LogP contribution in [0.25, 0.3) is 11.2 Å². The molecule has 0 radical (unpaired) electrons. The van der Waals surface area contributed by atoms with Gasteiger partial charge in [-0.05, 0) is 42.9 Å². The van der Waals surface area contributed by atoms with Gasteiger partial charge >= 0.3 is 11.7 Å². The number of imidazole rings is 1. The smallest absolute Gasteiger partial charge is 0.332 e. The Morgan fingerprint density at radius 3 is 2.69 bits per heavy atom. The molecular formula is C22H27N5O4S. The van der Waals surface area contributed by atoms with E-state index in [1.165, 1.54) is 16.3 Å². The van der Waals surface area contributed by atoms with Crippen LogP contribution < -0.4 is 16.0 Å². The van der Waals surface area contributed by atoms with Gasteiger partial charge in [0.25, 0.3) is 5.56 Å². The molecule has 0 saturated carbocycles. The monoisotopic (exact) mass is 457 g/mol. The van der Waals surface area contributed by atoms with E-state index in [1.807, 2.05) is 32.0 Å². The minimum Gasteiger partial charge on any atom is -0.425 e. The Hall–Kier alpha value is -3.11. The summed E-state index contributed by atoms with van der Waals surface area (Å²) >= 11 is 1.40. The van der Waals surface area contributed by atoms with Crippen molar-refractivity contribution in [1.82, 2.24) is 18.7 Å². The Morgan fingerprint density at radius 2 is 2.06 bits per heavy atom. The molecule has 0 bridgehead atoms. The van der Waals surface area contributed by atoms with Gasteiger partial charge in [0.1, 0.15) is 5.75 Å². The average molecular weight is 458 g/mol. The molecule has 0 aliphatic carbocycles. The highest BCUT2D eigenvalue weighted by molar-refractivity contribution is 8.17. The topological polar surface area (TPSA) is 104 Å². The third-order valence-electron chi connectivity index (χ3n) is 4.77. The minimum atomic E-state index is -0.497. The zero-order valence-electron chi connectivity index (χ0n) is 18.7. The third-order valence-corrected chi connectivity index (χ3v) is 5.67. The summed E-state index contributed by atoms with van der Waals surface area (Å²) in [6.45, 7) is 7.93. The zero-order valence-corrected chi connectivity index (χ0v) is 19.5. The number of allylic oxidation sites excluding steroid dienone is 1. The van der Waals surface area contributed by atoms with Gasteiger partial charge in [-0.15, -0.1) is 0 Å². The van der Waals surface area contributed by atoms with E-state index in [1.54, 1.807) is 24.7 Å². The second-order valence-electron chi connectivity index (χ2n) is 7.37. The standard InChI is InChI=1S/C22H27N5O4S/c1-14(2)32-17(23-4)13-27-18-19(24-21(27)31-16-9-6-8-15(3)12-16)25(5)22(30)26(20(18)29)10-7-11-28/h6,8-9,12,28H,1,7,10-11,13H2,2-5H3. The Bertz CT molecular complexity index is 1300. The fourth-order valence-corrected chi connectivity index (χ4v) is 3.96. The van der Waals surface area contributed by atoms with Gasteiger partial charge in [0, 0.05) is 27.2 Å². The van der Waals surface area contributed by atoms with Crippen molar-refractivity contribution in [3.63, 3.8) is 0 Å². The second kappa shape index (κ2) is 10.0. The average Bonchev–Trinajstić information content (AvgIpc) is 3.09. The Balaban J connectivity index is 2.25. The normalized spacial score (nSPS) is 11.8. The van der Waals surface area contributed by atoms with E-state index >= 15 is 0 Å². The summed E-state index contributed by atoms with van der Waals surface area (Å²) < 4.78 is 10.1. The van der Waals surface area contributed by atoms with E-state index in [-0.39, 0.29) is 43.3 Å². The fourth-order valence-electron chi connectivity index (χ4n) is 3.27. The number of aliphatic hydroxyl groups is 1.